The normalized spacial score (nSPS) is 15.1. The van der Waals surface area contributed by atoms with Crippen LogP contribution in [0.15, 0.2) is 66.7 Å². The highest BCUT2D eigenvalue weighted by Crippen LogP contribution is 2.23. The van der Waals surface area contributed by atoms with Crippen LogP contribution in [0.1, 0.15) is 24.9 Å². The molecule has 3 aromatic rings. The van der Waals surface area contributed by atoms with Crippen molar-refractivity contribution in [1.29, 1.82) is 0 Å². The molecule has 172 valence electrons. The van der Waals surface area contributed by atoms with Crippen LogP contribution in [-0.2, 0) is 4.79 Å². The fourth-order valence-electron chi connectivity index (χ4n) is 4.04. The van der Waals surface area contributed by atoms with E-state index in [9.17, 15) is 4.79 Å². The van der Waals surface area contributed by atoms with Crippen LogP contribution in [-0.4, -0.2) is 60.8 Å². The molecule has 0 saturated carbocycles. The summed E-state index contributed by atoms with van der Waals surface area (Å²) in [6.45, 7) is 5.45. The summed E-state index contributed by atoms with van der Waals surface area (Å²) in [6, 6.07) is 22.1. The van der Waals surface area contributed by atoms with Crippen LogP contribution in [0.3, 0.4) is 0 Å². The molecule has 1 amide bonds. The molecule has 7 nitrogen and oxygen atoms in total. The van der Waals surface area contributed by atoms with Crippen molar-refractivity contribution in [2.24, 2.45) is 0 Å². The summed E-state index contributed by atoms with van der Waals surface area (Å²) in [5, 5.41) is 12.2. The molecule has 1 N–H and O–H groups in total. The number of amides is 1. The van der Waals surface area contributed by atoms with E-state index in [4.69, 9.17) is 4.74 Å². The SMILES string of the molecule is COc1cccc(-c2ccc(N3CCCN(C(=O)CNC(C)c4ccccc4)CC3)nn2)c1. The standard InChI is InChI=1S/C26H31N5O2/c1-20(21-8-4-3-5-9-21)27-19-26(32)31-15-7-14-30(16-17-31)25-13-12-24(28-29-25)22-10-6-11-23(18-22)33-2/h3-6,8-13,18,20,27H,7,14-17,19H2,1-2H3. The Balaban J connectivity index is 1.31. The molecule has 0 spiro atoms. The fraction of sp³-hybridized carbons (Fsp3) is 0.346. The lowest BCUT2D eigenvalue weighted by molar-refractivity contribution is -0.130. The highest BCUT2D eigenvalue weighted by Gasteiger charge is 2.20. The van der Waals surface area contributed by atoms with Crippen LogP contribution >= 0.6 is 0 Å². The number of aromatic nitrogens is 2. The van der Waals surface area contributed by atoms with E-state index < -0.39 is 0 Å². The largest absolute Gasteiger partial charge is 0.497 e. The van der Waals surface area contributed by atoms with Crippen LogP contribution < -0.4 is 15.0 Å². The molecule has 1 aromatic heterocycles. The van der Waals surface area contributed by atoms with Gasteiger partial charge >= 0.3 is 0 Å². The second-order valence-corrected chi connectivity index (χ2v) is 8.24. The van der Waals surface area contributed by atoms with E-state index in [1.165, 1.54) is 5.56 Å². The summed E-state index contributed by atoms with van der Waals surface area (Å²) in [6.07, 6.45) is 0.902. The van der Waals surface area contributed by atoms with Crippen molar-refractivity contribution < 1.29 is 9.53 Å². The molecule has 1 saturated heterocycles. The van der Waals surface area contributed by atoms with Gasteiger partial charge in [-0.1, -0.05) is 42.5 Å². The second-order valence-electron chi connectivity index (χ2n) is 8.24. The van der Waals surface area contributed by atoms with Gasteiger partial charge in [-0.05, 0) is 43.2 Å². The van der Waals surface area contributed by atoms with E-state index in [1.807, 2.05) is 59.5 Å². The summed E-state index contributed by atoms with van der Waals surface area (Å²) < 4.78 is 5.30. The van der Waals surface area contributed by atoms with Crippen molar-refractivity contribution >= 4 is 11.7 Å². The lowest BCUT2D eigenvalue weighted by Crippen LogP contribution is -2.41. The molecule has 1 fully saturated rings. The summed E-state index contributed by atoms with van der Waals surface area (Å²) in [5.74, 6) is 1.77. The van der Waals surface area contributed by atoms with Crippen molar-refractivity contribution in [3.8, 4) is 17.0 Å². The van der Waals surface area contributed by atoms with Crippen LogP contribution in [0, 0.1) is 0 Å². The summed E-state index contributed by atoms with van der Waals surface area (Å²) in [5.41, 5.74) is 2.96. The van der Waals surface area contributed by atoms with Crippen molar-refractivity contribution in [3.05, 3.63) is 72.3 Å². The highest BCUT2D eigenvalue weighted by atomic mass is 16.5. The lowest BCUT2D eigenvalue weighted by Gasteiger charge is -2.23. The number of benzene rings is 2. The average Bonchev–Trinajstić information content (AvgIpc) is 3.14. The quantitative estimate of drug-likeness (QED) is 0.600. The summed E-state index contributed by atoms with van der Waals surface area (Å²) in [7, 11) is 1.65. The first kappa shape index (κ1) is 22.7. The van der Waals surface area contributed by atoms with Crippen LogP contribution in [0.4, 0.5) is 5.82 Å². The first-order chi connectivity index (χ1) is 16.1. The number of methoxy groups -OCH3 is 1. The Labute approximate surface area is 195 Å². The number of anilines is 1. The Morgan fingerprint density at radius 2 is 1.85 bits per heavy atom. The number of nitrogens with one attached hydrogen (secondary N) is 1. The minimum absolute atomic E-state index is 0.136. The maximum atomic E-state index is 12.8. The van der Waals surface area contributed by atoms with Gasteiger partial charge < -0.3 is 19.9 Å². The number of hydrogen-bond donors (Lipinski definition) is 1. The van der Waals surface area contributed by atoms with Crippen molar-refractivity contribution in [2.75, 3.05) is 44.7 Å². The van der Waals surface area contributed by atoms with Gasteiger partial charge in [0, 0.05) is 37.8 Å². The third kappa shape index (κ3) is 5.87. The van der Waals surface area contributed by atoms with Gasteiger partial charge in [-0.25, -0.2) is 0 Å². The van der Waals surface area contributed by atoms with E-state index in [2.05, 4.69) is 39.5 Å². The van der Waals surface area contributed by atoms with Crippen LogP contribution in [0.5, 0.6) is 5.75 Å². The molecule has 1 unspecified atom stereocenters. The minimum atomic E-state index is 0.136. The topological polar surface area (TPSA) is 70.6 Å². The Morgan fingerprint density at radius 3 is 2.61 bits per heavy atom. The first-order valence-electron chi connectivity index (χ1n) is 11.4. The van der Waals surface area contributed by atoms with Gasteiger partial charge in [-0.3, -0.25) is 4.79 Å². The zero-order valence-electron chi connectivity index (χ0n) is 19.3. The van der Waals surface area contributed by atoms with E-state index >= 15 is 0 Å². The van der Waals surface area contributed by atoms with Gasteiger partial charge in [0.2, 0.25) is 5.91 Å². The zero-order valence-corrected chi connectivity index (χ0v) is 19.3. The number of ether oxygens (including phenoxy) is 1. The van der Waals surface area contributed by atoms with Gasteiger partial charge in [-0.15, -0.1) is 10.2 Å². The maximum Gasteiger partial charge on any atom is 0.236 e. The average molecular weight is 446 g/mol. The van der Waals surface area contributed by atoms with Gasteiger partial charge in [-0.2, -0.15) is 0 Å². The molecule has 1 aliphatic rings. The number of rotatable bonds is 7. The fourth-order valence-corrected chi connectivity index (χ4v) is 4.04. The van der Waals surface area contributed by atoms with Crippen molar-refractivity contribution in [2.45, 2.75) is 19.4 Å². The second kappa shape index (κ2) is 10.9. The summed E-state index contributed by atoms with van der Waals surface area (Å²) >= 11 is 0. The van der Waals surface area contributed by atoms with Gasteiger partial charge in [0.25, 0.3) is 0 Å². The molecule has 0 bridgehead atoms. The van der Waals surface area contributed by atoms with Crippen molar-refractivity contribution in [1.82, 2.24) is 20.4 Å². The predicted molar refractivity (Wildman–Crippen MR) is 130 cm³/mol. The smallest absolute Gasteiger partial charge is 0.236 e. The Morgan fingerprint density at radius 1 is 1.00 bits per heavy atom. The molecule has 0 aliphatic carbocycles. The molecular formula is C26H31N5O2. The molecule has 1 atom stereocenters. The van der Waals surface area contributed by atoms with Crippen LogP contribution in [0.2, 0.25) is 0 Å². The van der Waals surface area contributed by atoms with Gasteiger partial charge in [0.05, 0.1) is 19.3 Å². The number of hydrogen-bond acceptors (Lipinski definition) is 6. The molecule has 7 heteroatoms. The monoisotopic (exact) mass is 445 g/mol. The Hall–Kier alpha value is -3.45. The van der Waals surface area contributed by atoms with Gasteiger partial charge in [0.15, 0.2) is 5.82 Å². The van der Waals surface area contributed by atoms with E-state index in [-0.39, 0.29) is 11.9 Å². The van der Waals surface area contributed by atoms with E-state index in [0.29, 0.717) is 13.1 Å². The Kier molecular flexibility index (Phi) is 7.52. The highest BCUT2D eigenvalue weighted by molar-refractivity contribution is 5.78. The molecule has 0 radical (unpaired) electrons. The Bertz CT molecular complexity index is 1040. The third-order valence-electron chi connectivity index (χ3n) is 6.05. The van der Waals surface area contributed by atoms with Crippen LogP contribution in [0.25, 0.3) is 11.3 Å². The molecule has 33 heavy (non-hydrogen) atoms. The number of carbonyl (C=O) groups is 1. The maximum absolute atomic E-state index is 12.8. The van der Waals surface area contributed by atoms with Gasteiger partial charge in [0.1, 0.15) is 5.75 Å². The third-order valence-corrected chi connectivity index (χ3v) is 6.05. The molecule has 2 aromatic carbocycles. The minimum Gasteiger partial charge on any atom is -0.497 e. The lowest BCUT2D eigenvalue weighted by atomic mass is 10.1. The summed E-state index contributed by atoms with van der Waals surface area (Å²) in [4.78, 5) is 16.9. The van der Waals surface area contributed by atoms with E-state index in [1.54, 1.807) is 7.11 Å². The number of carbonyl (C=O) groups excluding carboxylic acids is 1. The van der Waals surface area contributed by atoms with E-state index in [0.717, 1.165) is 48.9 Å². The molecular weight excluding hydrogens is 414 g/mol. The molecule has 1 aliphatic heterocycles. The first-order valence-corrected chi connectivity index (χ1v) is 11.4. The predicted octanol–water partition coefficient (Wildman–Crippen LogP) is 3.54. The molecule has 4 rings (SSSR count). The number of nitrogens with zero attached hydrogens (tertiary/aromatic N) is 4. The molecule has 2 heterocycles. The van der Waals surface area contributed by atoms with Crippen molar-refractivity contribution in [3.63, 3.8) is 0 Å². The zero-order chi connectivity index (χ0) is 23.0.